The average Bonchev–Trinajstić information content (AvgIpc) is 3.00. The second-order valence-electron chi connectivity index (χ2n) is 3.41. The van der Waals surface area contributed by atoms with Gasteiger partial charge in [0, 0.05) is 6.20 Å². The number of carboxylic acid groups (broad SMARTS) is 1. The minimum atomic E-state index is -1.39. The lowest BCUT2D eigenvalue weighted by Crippen LogP contribution is -2.07. The Morgan fingerprint density at radius 2 is 2.25 bits per heavy atom. The summed E-state index contributed by atoms with van der Waals surface area (Å²) in [6, 6.07) is 0. The smallest absolute Gasteiger partial charge is 0.344 e. The topological polar surface area (TPSA) is 103 Å². The Kier molecular flexibility index (Phi) is 2.43. The molecule has 1 heterocycles. The summed E-state index contributed by atoms with van der Waals surface area (Å²) in [6.07, 6.45) is 3.72. The van der Waals surface area contributed by atoms with Crippen molar-refractivity contribution in [2.75, 3.05) is 0 Å². The van der Waals surface area contributed by atoms with Gasteiger partial charge < -0.3 is 9.84 Å². The van der Waals surface area contributed by atoms with Crippen molar-refractivity contribution in [1.29, 1.82) is 0 Å². The predicted molar refractivity (Wildman–Crippen MR) is 51.5 cm³/mol. The standard InChI is InChI=1S/C9H8N2O5/c12-9(13)6-3-10-4-7(8(6)11(14)15)16-5-1-2-5/h3-5H,1-2H2,(H,12,13). The third kappa shape index (κ3) is 1.92. The zero-order chi connectivity index (χ0) is 11.7. The van der Waals surface area contributed by atoms with E-state index in [2.05, 4.69) is 4.98 Å². The van der Waals surface area contributed by atoms with E-state index in [0.717, 1.165) is 19.0 Å². The van der Waals surface area contributed by atoms with Gasteiger partial charge in [0.15, 0.2) is 5.56 Å². The summed E-state index contributed by atoms with van der Waals surface area (Å²) < 4.78 is 5.24. The van der Waals surface area contributed by atoms with Crippen LogP contribution in [0.2, 0.25) is 0 Å². The molecule has 1 aliphatic rings. The second kappa shape index (κ2) is 3.76. The largest absolute Gasteiger partial charge is 0.482 e. The Bertz CT molecular complexity index is 455. The van der Waals surface area contributed by atoms with Gasteiger partial charge in [-0.25, -0.2) is 4.79 Å². The molecule has 0 aromatic carbocycles. The first-order valence-electron chi connectivity index (χ1n) is 4.62. The van der Waals surface area contributed by atoms with Gasteiger partial charge in [-0.2, -0.15) is 0 Å². The van der Waals surface area contributed by atoms with E-state index in [-0.39, 0.29) is 11.9 Å². The monoisotopic (exact) mass is 224 g/mol. The molecule has 0 amide bonds. The van der Waals surface area contributed by atoms with Crippen LogP contribution in [-0.4, -0.2) is 27.1 Å². The van der Waals surface area contributed by atoms with E-state index in [1.54, 1.807) is 0 Å². The fraction of sp³-hybridized carbons (Fsp3) is 0.333. The summed E-state index contributed by atoms with van der Waals surface area (Å²) in [4.78, 5) is 24.4. The van der Waals surface area contributed by atoms with Gasteiger partial charge >= 0.3 is 11.7 Å². The summed E-state index contributed by atoms with van der Waals surface area (Å²) in [5.74, 6) is -1.46. The molecule has 0 atom stereocenters. The molecule has 0 unspecified atom stereocenters. The molecule has 1 N–H and O–H groups in total. The Morgan fingerprint density at radius 1 is 1.56 bits per heavy atom. The summed E-state index contributed by atoms with van der Waals surface area (Å²) in [6.45, 7) is 0. The van der Waals surface area contributed by atoms with Crippen LogP contribution < -0.4 is 4.74 Å². The van der Waals surface area contributed by atoms with Crippen LogP contribution in [0.1, 0.15) is 23.2 Å². The first kappa shape index (κ1) is 10.3. The molecule has 1 aromatic heterocycles. The van der Waals surface area contributed by atoms with Crippen LogP contribution in [0.4, 0.5) is 5.69 Å². The lowest BCUT2D eigenvalue weighted by molar-refractivity contribution is -0.386. The number of hydrogen-bond donors (Lipinski definition) is 1. The Labute approximate surface area is 89.8 Å². The van der Waals surface area contributed by atoms with Crippen LogP contribution in [-0.2, 0) is 0 Å². The van der Waals surface area contributed by atoms with Crippen LogP contribution in [0, 0.1) is 10.1 Å². The number of hydrogen-bond acceptors (Lipinski definition) is 5. The second-order valence-corrected chi connectivity index (χ2v) is 3.41. The van der Waals surface area contributed by atoms with Gasteiger partial charge in [-0.3, -0.25) is 15.1 Å². The molecule has 1 saturated carbocycles. The Balaban J connectivity index is 2.45. The molecule has 84 valence electrons. The molecule has 1 fully saturated rings. The van der Waals surface area contributed by atoms with Crippen molar-refractivity contribution < 1.29 is 19.6 Å². The van der Waals surface area contributed by atoms with E-state index in [1.807, 2.05) is 0 Å². The quantitative estimate of drug-likeness (QED) is 0.609. The summed E-state index contributed by atoms with van der Waals surface area (Å²) in [5.41, 5.74) is -0.988. The lowest BCUT2D eigenvalue weighted by Gasteiger charge is -2.05. The van der Waals surface area contributed by atoms with Gasteiger partial charge in [-0.1, -0.05) is 0 Å². The molecule has 0 spiro atoms. The van der Waals surface area contributed by atoms with Crippen LogP contribution in [0.25, 0.3) is 0 Å². The molecule has 0 radical (unpaired) electrons. The maximum Gasteiger partial charge on any atom is 0.344 e. The van der Waals surface area contributed by atoms with Crippen molar-refractivity contribution in [1.82, 2.24) is 4.98 Å². The highest BCUT2D eigenvalue weighted by atomic mass is 16.6. The van der Waals surface area contributed by atoms with Gasteiger partial charge in [0.05, 0.1) is 17.2 Å². The molecular weight excluding hydrogens is 216 g/mol. The molecule has 0 saturated heterocycles. The number of aromatic carboxylic acids is 1. The van der Waals surface area contributed by atoms with Crippen molar-refractivity contribution >= 4 is 11.7 Å². The number of ether oxygens (including phenoxy) is 1. The van der Waals surface area contributed by atoms with E-state index in [9.17, 15) is 14.9 Å². The molecule has 0 bridgehead atoms. The normalized spacial score (nSPS) is 14.5. The molecule has 0 aliphatic heterocycles. The van der Waals surface area contributed by atoms with E-state index >= 15 is 0 Å². The van der Waals surface area contributed by atoms with Crippen molar-refractivity contribution in [2.24, 2.45) is 0 Å². The average molecular weight is 224 g/mol. The highest BCUT2D eigenvalue weighted by Crippen LogP contribution is 2.34. The number of nitrogens with zero attached hydrogens (tertiary/aromatic N) is 2. The lowest BCUT2D eigenvalue weighted by atomic mass is 10.2. The number of aromatic nitrogens is 1. The number of rotatable bonds is 4. The van der Waals surface area contributed by atoms with Crippen LogP contribution in [0.3, 0.4) is 0 Å². The molecular formula is C9H8N2O5. The zero-order valence-corrected chi connectivity index (χ0v) is 8.12. The van der Waals surface area contributed by atoms with Crippen molar-refractivity contribution in [2.45, 2.75) is 18.9 Å². The maximum atomic E-state index is 10.8. The van der Waals surface area contributed by atoms with Crippen LogP contribution in [0.15, 0.2) is 12.4 Å². The fourth-order valence-electron chi connectivity index (χ4n) is 1.23. The number of carboxylic acids is 1. The minimum absolute atomic E-state index is 0.0513. The van der Waals surface area contributed by atoms with Crippen LogP contribution in [0.5, 0.6) is 5.75 Å². The first-order chi connectivity index (χ1) is 7.59. The predicted octanol–water partition coefficient (Wildman–Crippen LogP) is 1.23. The van der Waals surface area contributed by atoms with Crippen LogP contribution >= 0.6 is 0 Å². The Hall–Kier alpha value is -2.18. The van der Waals surface area contributed by atoms with Crippen molar-refractivity contribution in [3.63, 3.8) is 0 Å². The number of pyridine rings is 1. The van der Waals surface area contributed by atoms with Gasteiger partial charge in [0.1, 0.15) is 0 Å². The van der Waals surface area contributed by atoms with Gasteiger partial charge in [-0.05, 0) is 12.8 Å². The van der Waals surface area contributed by atoms with Crippen molar-refractivity contribution in [3.8, 4) is 5.75 Å². The third-order valence-corrected chi connectivity index (χ3v) is 2.11. The van der Waals surface area contributed by atoms with Gasteiger partial charge in [0.2, 0.25) is 5.75 Å². The molecule has 16 heavy (non-hydrogen) atoms. The first-order valence-corrected chi connectivity index (χ1v) is 4.62. The highest BCUT2D eigenvalue weighted by molar-refractivity contribution is 5.93. The van der Waals surface area contributed by atoms with Gasteiger partial charge in [-0.15, -0.1) is 0 Å². The molecule has 7 nitrogen and oxygen atoms in total. The number of carbonyl (C=O) groups is 1. The fourth-order valence-corrected chi connectivity index (χ4v) is 1.23. The molecule has 2 rings (SSSR count). The molecule has 1 aliphatic carbocycles. The SMILES string of the molecule is O=C(O)c1cncc(OC2CC2)c1[N+](=O)[O-]. The van der Waals surface area contributed by atoms with E-state index < -0.39 is 22.1 Å². The minimum Gasteiger partial charge on any atom is -0.482 e. The van der Waals surface area contributed by atoms with E-state index in [4.69, 9.17) is 9.84 Å². The van der Waals surface area contributed by atoms with E-state index in [1.165, 1.54) is 6.20 Å². The van der Waals surface area contributed by atoms with E-state index in [0.29, 0.717) is 0 Å². The summed E-state index contributed by atoms with van der Waals surface area (Å²) >= 11 is 0. The third-order valence-electron chi connectivity index (χ3n) is 2.11. The van der Waals surface area contributed by atoms with Gasteiger partial charge in [0.25, 0.3) is 0 Å². The molecule has 1 aromatic rings. The Morgan fingerprint density at radius 3 is 2.75 bits per heavy atom. The number of nitro groups is 1. The summed E-state index contributed by atoms with van der Waals surface area (Å²) in [7, 11) is 0. The molecule has 7 heteroatoms. The zero-order valence-electron chi connectivity index (χ0n) is 8.12. The highest BCUT2D eigenvalue weighted by Gasteiger charge is 2.31. The summed E-state index contributed by atoms with van der Waals surface area (Å²) in [5, 5.41) is 19.6. The van der Waals surface area contributed by atoms with Crippen molar-refractivity contribution in [3.05, 3.63) is 28.1 Å². The maximum absolute atomic E-state index is 10.8.